The minimum atomic E-state index is 0.0624. The van der Waals surface area contributed by atoms with E-state index in [-0.39, 0.29) is 6.04 Å². The fourth-order valence-electron chi connectivity index (χ4n) is 1.73. The molecule has 0 aromatic heterocycles. The van der Waals surface area contributed by atoms with Crippen molar-refractivity contribution in [3.63, 3.8) is 0 Å². The Balaban J connectivity index is 2.45. The second kappa shape index (κ2) is 2.83. The van der Waals surface area contributed by atoms with Gasteiger partial charge in [-0.3, -0.25) is 4.90 Å². The summed E-state index contributed by atoms with van der Waals surface area (Å²) in [6.07, 6.45) is 0. The lowest BCUT2D eigenvalue weighted by Gasteiger charge is -2.18. The van der Waals surface area contributed by atoms with Crippen molar-refractivity contribution >= 4 is 0 Å². The van der Waals surface area contributed by atoms with Crippen molar-refractivity contribution in [2.45, 2.75) is 32.9 Å². The maximum Gasteiger partial charge on any atom is 0.0949 e. The minimum absolute atomic E-state index is 0.0624. The Morgan fingerprint density at radius 1 is 1.36 bits per heavy atom. The van der Waals surface area contributed by atoms with E-state index in [1.54, 1.807) is 0 Å². The zero-order valence-electron chi connectivity index (χ0n) is 7.70. The Hall–Kier alpha value is -0.550. The normalized spacial score (nSPS) is 38.4. The van der Waals surface area contributed by atoms with Gasteiger partial charge in [-0.25, -0.2) is 0 Å². The van der Waals surface area contributed by atoms with Crippen molar-refractivity contribution in [1.82, 2.24) is 4.90 Å². The van der Waals surface area contributed by atoms with Crippen molar-refractivity contribution < 1.29 is 0 Å². The molecule has 1 fully saturated rings. The van der Waals surface area contributed by atoms with E-state index in [1.807, 2.05) is 14.0 Å². The molecular weight excluding hydrogens is 136 g/mol. The van der Waals surface area contributed by atoms with E-state index in [0.29, 0.717) is 6.04 Å². The summed E-state index contributed by atoms with van der Waals surface area (Å²) >= 11 is 0. The van der Waals surface area contributed by atoms with Crippen molar-refractivity contribution in [2.24, 2.45) is 11.8 Å². The highest BCUT2D eigenvalue weighted by Crippen LogP contribution is 2.42. The molecule has 0 aromatic carbocycles. The number of hydrogen-bond acceptors (Lipinski definition) is 2. The molecule has 2 heteroatoms. The molecule has 3 unspecified atom stereocenters. The van der Waals surface area contributed by atoms with E-state index < -0.39 is 0 Å². The largest absolute Gasteiger partial charge is 0.288 e. The van der Waals surface area contributed by atoms with Crippen LogP contribution in [0.15, 0.2) is 0 Å². The average Bonchev–Trinajstić information content (AvgIpc) is 2.57. The lowest BCUT2D eigenvalue weighted by Crippen LogP contribution is -2.31. The van der Waals surface area contributed by atoms with Gasteiger partial charge in [0.05, 0.1) is 12.1 Å². The first-order valence-electron chi connectivity index (χ1n) is 4.21. The number of nitriles is 1. The van der Waals surface area contributed by atoms with Crippen molar-refractivity contribution in [3.05, 3.63) is 0 Å². The van der Waals surface area contributed by atoms with Crippen LogP contribution >= 0.6 is 0 Å². The molecule has 0 aliphatic heterocycles. The van der Waals surface area contributed by atoms with Gasteiger partial charge in [0.15, 0.2) is 0 Å². The monoisotopic (exact) mass is 152 g/mol. The molecular formula is C9H16N2. The van der Waals surface area contributed by atoms with E-state index in [4.69, 9.17) is 5.26 Å². The highest BCUT2D eigenvalue weighted by atomic mass is 15.2. The summed E-state index contributed by atoms with van der Waals surface area (Å²) in [7, 11) is 2.04. The molecule has 0 bridgehead atoms. The van der Waals surface area contributed by atoms with Gasteiger partial charge in [-0.2, -0.15) is 5.26 Å². The molecule has 4 atom stereocenters. The van der Waals surface area contributed by atoms with Crippen LogP contribution in [0.3, 0.4) is 0 Å². The topological polar surface area (TPSA) is 27.0 Å². The predicted molar refractivity (Wildman–Crippen MR) is 45.0 cm³/mol. The molecule has 0 saturated heterocycles. The number of hydrogen-bond donors (Lipinski definition) is 0. The molecule has 0 amide bonds. The van der Waals surface area contributed by atoms with E-state index in [1.165, 1.54) is 0 Å². The summed E-state index contributed by atoms with van der Waals surface area (Å²) < 4.78 is 0. The summed E-state index contributed by atoms with van der Waals surface area (Å²) in [5.74, 6) is 1.55. The van der Waals surface area contributed by atoms with E-state index in [2.05, 4.69) is 24.8 Å². The predicted octanol–water partition coefficient (Wildman–Crippen LogP) is 1.48. The van der Waals surface area contributed by atoms with Crippen LogP contribution in [0.1, 0.15) is 20.8 Å². The van der Waals surface area contributed by atoms with Gasteiger partial charge in [-0.05, 0) is 25.8 Å². The number of nitrogens with zero attached hydrogens (tertiary/aromatic N) is 2. The smallest absolute Gasteiger partial charge is 0.0949 e. The van der Waals surface area contributed by atoms with Crippen LogP contribution in [0.25, 0.3) is 0 Å². The van der Waals surface area contributed by atoms with Gasteiger partial charge in [0, 0.05) is 6.04 Å². The molecule has 0 radical (unpaired) electrons. The molecule has 1 aliphatic carbocycles. The standard InChI is InChI=1S/C9H16N2/c1-6(5-10)11(4)9-7(2)8(9)3/h6-9H,1-4H3/t6?,7-,8?,9?/m0/s1. The maximum absolute atomic E-state index is 8.66. The van der Waals surface area contributed by atoms with Crippen LogP contribution in [0.2, 0.25) is 0 Å². The zero-order valence-corrected chi connectivity index (χ0v) is 7.70. The van der Waals surface area contributed by atoms with Gasteiger partial charge in [0.1, 0.15) is 0 Å². The minimum Gasteiger partial charge on any atom is -0.288 e. The first kappa shape index (κ1) is 8.55. The van der Waals surface area contributed by atoms with Gasteiger partial charge in [-0.1, -0.05) is 13.8 Å². The van der Waals surface area contributed by atoms with Crippen LogP contribution in [0.5, 0.6) is 0 Å². The van der Waals surface area contributed by atoms with Crippen molar-refractivity contribution in [1.29, 1.82) is 5.26 Å². The fraction of sp³-hybridized carbons (Fsp3) is 0.889. The molecule has 2 nitrogen and oxygen atoms in total. The molecule has 11 heavy (non-hydrogen) atoms. The van der Waals surface area contributed by atoms with E-state index in [0.717, 1.165) is 11.8 Å². The Morgan fingerprint density at radius 2 is 1.82 bits per heavy atom. The molecule has 0 spiro atoms. The molecule has 0 heterocycles. The third kappa shape index (κ3) is 1.39. The van der Waals surface area contributed by atoms with Crippen LogP contribution in [-0.2, 0) is 0 Å². The molecule has 62 valence electrons. The van der Waals surface area contributed by atoms with Gasteiger partial charge < -0.3 is 0 Å². The zero-order chi connectivity index (χ0) is 8.59. The summed E-state index contributed by atoms with van der Waals surface area (Å²) in [6.45, 7) is 6.45. The summed E-state index contributed by atoms with van der Waals surface area (Å²) in [5, 5.41) is 8.66. The molecule has 1 aliphatic rings. The van der Waals surface area contributed by atoms with Crippen molar-refractivity contribution in [2.75, 3.05) is 7.05 Å². The fourth-order valence-corrected chi connectivity index (χ4v) is 1.73. The third-order valence-electron chi connectivity index (χ3n) is 3.03. The van der Waals surface area contributed by atoms with E-state index >= 15 is 0 Å². The first-order chi connectivity index (χ1) is 5.09. The molecule has 1 rings (SSSR count). The Kier molecular flexibility index (Phi) is 2.20. The van der Waals surface area contributed by atoms with Gasteiger partial charge in [-0.15, -0.1) is 0 Å². The third-order valence-corrected chi connectivity index (χ3v) is 3.03. The van der Waals surface area contributed by atoms with Crippen LogP contribution in [-0.4, -0.2) is 24.0 Å². The summed E-state index contributed by atoms with van der Waals surface area (Å²) in [4.78, 5) is 2.18. The van der Waals surface area contributed by atoms with E-state index in [9.17, 15) is 0 Å². The SMILES string of the molecule is CC1C(N(C)C(C)C#N)[C@H]1C. The number of rotatable bonds is 2. The highest BCUT2D eigenvalue weighted by molar-refractivity contribution is 5.02. The Morgan fingerprint density at radius 3 is 2.09 bits per heavy atom. The van der Waals surface area contributed by atoms with Gasteiger partial charge >= 0.3 is 0 Å². The summed E-state index contributed by atoms with van der Waals surface area (Å²) in [5.41, 5.74) is 0. The van der Waals surface area contributed by atoms with Crippen LogP contribution in [0.4, 0.5) is 0 Å². The lowest BCUT2D eigenvalue weighted by molar-refractivity contribution is 0.273. The lowest BCUT2D eigenvalue weighted by atomic mass is 10.3. The molecule has 1 saturated carbocycles. The summed E-state index contributed by atoms with van der Waals surface area (Å²) in [6, 6.07) is 2.96. The van der Waals surface area contributed by atoms with Crippen LogP contribution in [0, 0.1) is 23.2 Å². The highest BCUT2D eigenvalue weighted by Gasteiger charge is 2.46. The average molecular weight is 152 g/mol. The van der Waals surface area contributed by atoms with Gasteiger partial charge in [0.2, 0.25) is 0 Å². The van der Waals surface area contributed by atoms with Crippen LogP contribution < -0.4 is 0 Å². The quantitative estimate of drug-likeness (QED) is 0.599. The maximum atomic E-state index is 8.66. The second-order valence-electron chi connectivity index (χ2n) is 3.68. The Bertz CT molecular complexity index is 174. The Labute approximate surface area is 68.8 Å². The second-order valence-corrected chi connectivity index (χ2v) is 3.68. The first-order valence-corrected chi connectivity index (χ1v) is 4.21. The van der Waals surface area contributed by atoms with Crippen molar-refractivity contribution in [3.8, 4) is 6.07 Å². The molecule has 0 aromatic rings. The van der Waals surface area contributed by atoms with Gasteiger partial charge in [0.25, 0.3) is 0 Å². The molecule has 0 N–H and O–H groups in total.